The predicted molar refractivity (Wildman–Crippen MR) is 418 cm³/mol. The fourth-order valence-corrected chi connectivity index (χ4v) is 18.6. The van der Waals surface area contributed by atoms with Gasteiger partial charge in [0.1, 0.15) is 23.0 Å². The van der Waals surface area contributed by atoms with Crippen LogP contribution >= 0.6 is 0 Å². The Labute approximate surface area is 602 Å². The van der Waals surface area contributed by atoms with Gasteiger partial charge in [-0.25, -0.2) is 19.9 Å². The van der Waals surface area contributed by atoms with E-state index < -0.39 is 10.8 Å². The van der Waals surface area contributed by atoms with Crippen molar-refractivity contribution in [1.82, 2.24) is 19.9 Å². The lowest BCUT2D eigenvalue weighted by molar-refractivity contribution is 0.436. The highest BCUT2D eigenvalue weighted by molar-refractivity contribution is 5.99. The summed E-state index contributed by atoms with van der Waals surface area (Å²) in [6, 6.07) is 115. The van der Waals surface area contributed by atoms with Crippen LogP contribution in [0.2, 0.25) is 0 Å². The summed E-state index contributed by atoms with van der Waals surface area (Å²) in [5.41, 5.74) is 31.7. The molecule has 4 heterocycles. The third-order valence-electron chi connectivity index (χ3n) is 23.2. The molecule has 2 aromatic heterocycles. The molecule has 6 aliphatic rings. The highest BCUT2D eigenvalue weighted by atomic mass is 16.5. The van der Waals surface area contributed by atoms with Crippen LogP contribution in [0.4, 0.5) is 0 Å². The van der Waals surface area contributed by atoms with E-state index in [1.54, 1.807) is 0 Å². The summed E-state index contributed by atoms with van der Waals surface area (Å²) in [7, 11) is 0. The second kappa shape index (κ2) is 21.9. The largest absolute Gasteiger partial charge is 0.457 e. The first-order valence-electron chi connectivity index (χ1n) is 35.9. The van der Waals surface area contributed by atoms with Crippen LogP contribution in [0.25, 0.3) is 129 Å². The zero-order chi connectivity index (χ0) is 68.6. The molecule has 0 bridgehead atoms. The van der Waals surface area contributed by atoms with E-state index in [0.29, 0.717) is 11.6 Å². The first-order chi connectivity index (χ1) is 51.2. The average molecular weight is 1330 g/mol. The molecule has 2 spiro atoms. The molecule has 6 heteroatoms. The smallest absolute Gasteiger partial charge is 0.160 e. The van der Waals surface area contributed by atoms with E-state index in [1.165, 1.54) is 88.7 Å². The van der Waals surface area contributed by atoms with Gasteiger partial charge in [-0.3, -0.25) is 0 Å². The van der Waals surface area contributed by atoms with E-state index in [1.807, 2.05) is 0 Å². The number of fused-ring (bicyclic) bond motifs is 21. The number of rotatable bonds is 7. The molecule has 6 nitrogen and oxygen atoms in total. The molecule has 0 saturated heterocycles. The standard InChI is InChI=1S/C98H62N4O2/c1-96(2)75-31-11-6-26-69(75)74-46-42-63(53-83(74)96)87-56-85(59-20-4-3-5-21-59)99-94(101-87)66-44-48-82-92(55-66)104-90-49-45-62(52-84(90)98(82)78-34-14-9-29-72(78)73-30-10-15-35-79(73)98)58-38-40-60(41-39-58)86-57-88(68-50-64-24-18-22-61-23-19-25-65(51-68)93(61)64)102-95(100-86)67-43-47-81-91(54-67)103-89-37-17-16-36-80(89)97(81)76-32-12-7-27-70(76)71-28-8-13-33-77(71)97/h3-22,24-57H,23H2,1-2H3. The average Bonchev–Trinajstić information content (AvgIpc) is 1.46. The molecule has 104 heavy (non-hydrogen) atoms. The minimum atomic E-state index is -0.735. The van der Waals surface area contributed by atoms with Crippen LogP contribution in [0.5, 0.6) is 23.0 Å². The van der Waals surface area contributed by atoms with Gasteiger partial charge in [-0.1, -0.05) is 281 Å². The van der Waals surface area contributed by atoms with Gasteiger partial charge in [0.2, 0.25) is 0 Å². The molecule has 0 unspecified atom stereocenters. The fourth-order valence-electron chi connectivity index (χ4n) is 18.6. The zero-order valence-electron chi connectivity index (χ0n) is 57.0. The van der Waals surface area contributed by atoms with Gasteiger partial charge in [-0.2, -0.15) is 0 Å². The molecule has 22 rings (SSSR count). The monoisotopic (exact) mass is 1330 g/mol. The number of nitrogens with zero attached hydrogens (tertiary/aromatic N) is 4. The highest BCUT2D eigenvalue weighted by Gasteiger charge is 2.53. The maximum absolute atomic E-state index is 7.32. The van der Waals surface area contributed by atoms with Gasteiger partial charge < -0.3 is 9.47 Å². The Morgan fingerprint density at radius 2 is 0.702 bits per heavy atom. The first kappa shape index (κ1) is 58.6. The Morgan fingerprint density at radius 1 is 0.269 bits per heavy atom. The minimum absolute atomic E-state index is 0.168. The molecule has 0 radical (unpaired) electrons. The third-order valence-corrected chi connectivity index (χ3v) is 23.2. The van der Waals surface area contributed by atoms with Crippen LogP contribution in [0.3, 0.4) is 0 Å². The maximum atomic E-state index is 7.32. The van der Waals surface area contributed by atoms with Crippen LogP contribution < -0.4 is 9.47 Å². The SMILES string of the molecule is CC1(C)c2ccccc2-c2ccc(-c3cc(-c4ccccc4)nc(-c4ccc5c(c4)Oc4ccc(-c6ccc(-c7cc(-c8cc9c%10c(cccc%10c8)CC=C9)nc(-c8ccc9c(c8)Oc8ccccc8C98c9ccccc9-c9ccccc98)n7)cc6)cc4C54c5ccccc5-c5ccccc54)n3)cc21. The van der Waals surface area contributed by atoms with Crippen molar-refractivity contribution in [2.75, 3.05) is 0 Å². The van der Waals surface area contributed by atoms with Crippen molar-refractivity contribution in [1.29, 1.82) is 0 Å². The summed E-state index contributed by atoms with van der Waals surface area (Å²) in [6.45, 7) is 4.66. The van der Waals surface area contributed by atoms with E-state index in [0.717, 1.165) is 119 Å². The third kappa shape index (κ3) is 8.33. The second-order valence-corrected chi connectivity index (χ2v) is 29.0. The molecule has 4 aliphatic carbocycles. The van der Waals surface area contributed by atoms with Crippen LogP contribution in [-0.2, 0) is 22.7 Å². The first-order valence-corrected chi connectivity index (χ1v) is 35.9. The van der Waals surface area contributed by atoms with Gasteiger partial charge >= 0.3 is 0 Å². The molecule has 14 aromatic carbocycles. The van der Waals surface area contributed by atoms with E-state index in [9.17, 15) is 0 Å². The maximum Gasteiger partial charge on any atom is 0.160 e. The Bertz CT molecular complexity index is 6350. The van der Waals surface area contributed by atoms with Crippen molar-refractivity contribution in [3.63, 3.8) is 0 Å². The number of hydrogen-bond donors (Lipinski definition) is 0. The molecule has 0 atom stereocenters. The molecule has 486 valence electrons. The summed E-state index contributed by atoms with van der Waals surface area (Å²) < 4.78 is 14.4. The lowest BCUT2D eigenvalue weighted by Gasteiger charge is -2.39. The molecule has 0 amide bonds. The quantitative estimate of drug-likeness (QED) is 0.158. The van der Waals surface area contributed by atoms with Gasteiger partial charge in [-0.15, -0.1) is 0 Å². The van der Waals surface area contributed by atoms with Gasteiger partial charge in [0.25, 0.3) is 0 Å². The molecule has 2 aliphatic heterocycles. The van der Waals surface area contributed by atoms with Gasteiger partial charge in [-0.05, 0) is 167 Å². The number of allylic oxidation sites excluding steroid dienone is 1. The molecular formula is C98H62N4O2. The minimum Gasteiger partial charge on any atom is -0.457 e. The van der Waals surface area contributed by atoms with Crippen molar-refractivity contribution >= 4 is 16.8 Å². The Kier molecular flexibility index (Phi) is 12.4. The van der Waals surface area contributed by atoms with E-state index in [4.69, 9.17) is 29.4 Å². The van der Waals surface area contributed by atoms with E-state index >= 15 is 0 Å². The Hall–Kier alpha value is -13.2. The lowest BCUT2D eigenvalue weighted by atomic mass is 9.65. The normalized spacial score (nSPS) is 14.6. The molecule has 0 fully saturated rings. The Morgan fingerprint density at radius 3 is 1.31 bits per heavy atom. The van der Waals surface area contributed by atoms with Crippen molar-refractivity contribution in [3.8, 4) is 135 Å². The van der Waals surface area contributed by atoms with Crippen LogP contribution in [0.1, 0.15) is 80.6 Å². The predicted octanol–water partition coefficient (Wildman–Crippen LogP) is 23.9. The van der Waals surface area contributed by atoms with Crippen LogP contribution in [0, 0.1) is 0 Å². The summed E-state index contributed by atoms with van der Waals surface area (Å²) in [5, 5.41) is 2.49. The molecular weight excluding hydrogens is 1270 g/mol. The Balaban J connectivity index is 0.663. The highest BCUT2D eigenvalue weighted by Crippen LogP contribution is 2.65. The molecule has 0 N–H and O–H groups in total. The summed E-state index contributed by atoms with van der Waals surface area (Å²) in [6.07, 6.45) is 5.44. The van der Waals surface area contributed by atoms with Crippen LogP contribution in [-0.4, -0.2) is 19.9 Å². The molecule has 0 saturated carbocycles. The number of hydrogen-bond acceptors (Lipinski definition) is 6. The van der Waals surface area contributed by atoms with E-state index in [-0.39, 0.29) is 5.41 Å². The number of para-hydroxylation sites is 1. The van der Waals surface area contributed by atoms with Gasteiger partial charge in [0.05, 0.1) is 33.6 Å². The lowest BCUT2D eigenvalue weighted by Crippen LogP contribution is -2.32. The van der Waals surface area contributed by atoms with Gasteiger partial charge in [0, 0.05) is 61.0 Å². The number of benzene rings is 14. The van der Waals surface area contributed by atoms with Crippen molar-refractivity contribution < 1.29 is 9.47 Å². The number of ether oxygens (including phenoxy) is 2. The van der Waals surface area contributed by atoms with E-state index in [2.05, 4.69) is 341 Å². The summed E-state index contributed by atoms with van der Waals surface area (Å²) in [4.78, 5) is 21.9. The fraction of sp³-hybridized carbons (Fsp3) is 0.0612. The van der Waals surface area contributed by atoms with Crippen molar-refractivity contribution in [2.24, 2.45) is 0 Å². The summed E-state index contributed by atoms with van der Waals surface area (Å²) in [5.74, 6) is 4.42. The van der Waals surface area contributed by atoms with Crippen LogP contribution in [0.15, 0.2) is 322 Å². The summed E-state index contributed by atoms with van der Waals surface area (Å²) >= 11 is 0. The second-order valence-electron chi connectivity index (χ2n) is 29.0. The molecule has 16 aromatic rings. The van der Waals surface area contributed by atoms with Gasteiger partial charge in [0.15, 0.2) is 11.6 Å². The van der Waals surface area contributed by atoms with Crippen molar-refractivity contribution in [3.05, 3.63) is 388 Å². The number of aromatic nitrogens is 4. The topological polar surface area (TPSA) is 70.0 Å². The van der Waals surface area contributed by atoms with Crippen molar-refractivity contribution in [2.45, 2.75) is 36.5 Å². The zero-order valence-corrected chi connectivity index (χ0v) is 57.0.